The molecule has 0 saturated carbocycles. The standard InChI is InChI=1S/C19H18N4O4S/c24-16(25)11-27-14-3-1-2-13(10-14)19(26)23-7-5-22(6-8-23)18-17-15(4-9-28-17)20-12-21-18/h1-4,9-10,12H,5-8,11H2,(H,24,25). The average molecular weight is 398 g/mol. The fraction of sp³-hybridized carbons (Fsp3) is 0.263. The fourth-order valence-electron chi connectivity index (χ4n) is 3.17. The molecule has 0 unspecified atom stereocenters. The summed E-state index contributed by atoms with van der Waals surface area (Å²) in [5.74, 6) is 0.130. The molecule has 3 heterocycles. The first-order chi connectivity index (χ1) is 13.6. The number of fused-ring (bicyclic) bond motifs is 1. The van der Waals surface area contributed by atoms with E-state index in [-0.39, 0.29) is 5.91 Å². The Morgan fingerprint density at radius 1 is 1.14 bits per heavy atom. The van der Waals surface area contributed by atoms with Gasteiger partial charge < -0.3 is 19.6 Å². The first kappa shape index (κ1) is 18.2. The number of piperazine rings is 1. The molecule has 1 aromatic carbocycles. The van der Waals surface area contributed by atoms with Crippen molar-refractivity contribution in [2.75, 3.05) is 37.7 Å². The molecule has 4 rings (SSSR count). The fourth-order valence-corrected chi connectivity index (χ4v) is 4.03. The number of hydrogen-bond donors (Lipinski definition) is 1. The summed E-state index contributed by atoms with van der Waals surface area (Å²) in [6, 6.07) is 8.59. The molecule has 0 radical (unpaired) electrons. The van der Waals surface area contributed by atoms with Gasteiger partial charge in [0.2, 0.25) is 0 Å². The van der Waals surface area contributed by atoms with E-state index < -0.39 is 12.6 Å². The van der Waals surface area contributed by atoms with Gasteiger partial charge in [-0.05, 0) is 29.6 Å². The van der Waals surface area contributed by atoms with E-state index in [1.54, 1.807) is 46.8 Å². The molecule has 1 N–H and O–H groups in total. The van der Waals surface area contributed by atoms with Crippen molar-refractivity contribution in [3.8, 4) is 5.75 Å². The number of aromatic nitrogens is 2. The lowest BCUT2D eigenvalue weighted by Gasteiger charge is -2.35. The van der Waals surface area contributed by atoms with E-state index in [0.717, 1.165) is 16.0 Å². The SMILES string of the molecule is O=C(O)COc1cccc(C(=O)N2CCN(c3ncnc4ccsc34)CC2)c1. The number of carbonyl (C=O) groups excluding carboxylic acids is 1. The van der Waals surface area contributed by atoms with E-state index in [0.29, 0.717) is 37.5 Å². The van der Waals surface area contributed by atoms with Gasteiger partial charge in [0.15, 0.2) is 6.61 Å². The highest BCUT2D eigenvalue weighted by atomic mass is 32.1. The number of aliphatic carboxylic acids is 1. The van der Waals surface area contributed by atoms with Gasteiger partial charge in [0.05, 0.1) is 10.2 Å². The molecule has 1 aliphatic rings. The lowest BCUT2D eigenvalue weighted by Crippen LogP contribution is -2.49. The van der Waals surface area contributed by atoms with Crippen molar-refractivity contribution in [2.24, 2.45) is 0 Å². The zero-order valence-corrected chi connectivity index (χ0v) is 15.8. The molecule has 1 amide bonds. The van der Waals surface area contributed by atoms with Gasteiger partial charge in [-0.2, -0.15) is 0 Å². The Hall–Kier alpha value is -3.20. The van der Waals surface area contributed by atoms with Gasteiger partial charge in [0, 0.05) is 31.7 Å². The van der Waals surface area contributed by atoms with Crippen LogP contribution in [0.5, 0.6) is 5.75 Å². The number of carbonyl (C=O) groups is 2. The van der Waals surface area contributed by atoms with Gasteiger partial charge in [-0.25, -0.2) is 14.8 Å². The van der Waals surface area contributed by atoms with E-state index in [2.05, 4.69) is 14.9 Å². The molecule has 1 saturated heterocycles. The smallest absolute Gasteiger partial charge is 0.341 e. The Balaban J connectivity index is 1.42. The molecule has 2 aromatic heterocycles. The normalized spacial score (nSPS) is 14.3. The molecule has 0 atom stereocenters. The van der Waals surface area contributed by atoms with Crippen LogP contribution in [-0.2, 0) is 4.79 Å². The zero-order chi connectivity index (χ0) is 19.5. The van der Waals surface area contributed by atoms with E-state index in [4.69, 9.17) is 9.84 Å². The van der Waals surface area contributed by atoms with Gasteiger partial charge in [-0.3, -0.25) is 4.79 Å². The molecule has 1 fully saturated rings. The second-order valence-corrected chi connectivity index (χ2v) is 7.24. The van der Waals surface area contributed by atoms with Crippen LogP contribution in [0.2, 0.25) is 0 Å². The minimum Gasteiger partial charge on any atom is -0.482 e. The summed E-state index contributed by atoms with van der Waals surface area (Å²) in [6.07, 6.45) is 1.57. The van der Waals surface area contributed by atoms with E-state index in [1.165, 1.54) is 0 Å². The Morgan fingerprint density at radius 2 is 1.96 bits per heavy atom. The molecule has 28 heavy (non-hydrogen) atoms. The largest absolute Gasteiger partial charge is 0.482 e. The lowest BCUT2D eigenvalue weighted by molar-refractivity contribution is -0.139. The molecular formula is C19H18N4O4S. The number of benzene rings is 1. The van der Waals surface area contributed by atoms with Crippen LogP contribution in [0.1, 0.15) is 10.4 Å². The van der Waals surface area contributed by atoms with Crippen LogP contribution in [0.15, 0.2) is 42.0 Å². The predicted octanol–water partition coefficient (Wildman–Crippen LogP) is 2.12. The first-order valence-electron chi connectivity index (χ1n) is 8.79. The third-order valence-electron chi connectivity index (χ3n) is 4.53. The summed E-state index contributed by atoms with van der Waals surface area (Å²) in [7, 11) is 0. The van der Waals surface area contributed by atoms with Crippen LogP contribution in [0, 0.1) is 0 Å². The summed E-state index contributed by atoms with van der Waals surface area (Å²) in [6.45, 7) is 2.09. The highest BCUT2D eigenvalue weighted by molar-refractivity contribution is 7.17. The van der Waals surface area contributed by atoms with Crippen LogP contribution in [0.4, 0.5) is 5.82 Å². The van der Waals surface area contributed by atoms with Crippen molar-refractivity contribution in [1.29, 1.82) is 0 Å². The Bertz CT molecular complexity index is 1010. The monoisotopic (exact) mass is 398 g/mol. The quantitative estimate of drug-likeness (QED) is 0.703. The summed E-state index contributed by atoms with van der Waals surface area (Å²) in [5.41, 5.74) is 1.42. The Kier molecular flexibility index (Phi) is 5.07. The van der Waals surface area contributed by atoms with Crippen LogP contribution in [0.25, 0.3) is 10.2 Å². The summed E-state index contributed by atoms with van der Waals surface area (Å²) in [5, 5.41) is 10.7. The molecule has 0 aliphatic carbocycles. The summed E-state index contributed by atoms with van der Waals surface area (Å²) >= 11 is 1.62. The number of hydrogen-bond acceptors (Lipinski definition) is 7. The molecule has 1 aliphatic heterocycles. The highest BCUT2D eigenvalue weighted by Crippen LogP contribution is 2.28. The molecule has 3 aromatic rings. The maximum atomic E-state index is 12.8. The number of thiophene rings is 1. The second-order valence-electron chi connectivity index (χ2n) is 6.32. The Morgan fingerprint density at radius 3 is 2.75 bits per heavy atom. The predicted molar refractivity (Wildman–Crippen MR) is 105 cm³/mol. The minimum atomic E-state index is -1.06. The maximum Gasteiger partial charge on any atom is 0.341 e. The highest BCUT2D eigenvalue weighted by Gasteiger charge is 2.24. The number of anilines is 1. The number of carboxylic acids is 1. The number of nitrogens with zero attached hydrogens (tertiary/aromatic N) is 4. The van der Waals surface area contributed by atoms with Crippen molar-refractivity contribution in [1.82, 2.24) is 14.9 Å². The second kappa shape index (κ2) is 7.81. The minimum absolute atomic E-state index is 0.0932. The van der Waals surface area contributed by atoms with Crippen LogP contribution >= 0.6 is 11.3 Å². The maximum absolute atomic E-state index is 12.8. The zero-order valence-electron chi connectivity index (χ0n) is 14.9. The first-order valence-corrected chi connectivity index (χ1v) is 9.67. The Labute approximate surface area is 165 Å². The van der Waals surface area contributed by atoms with Gasteiger partial charge in [-0.15, -0.1) is 11.3 Å². The van der Waals surface area contributed by atoms with Crippen molar-refractivity contribution in [3.63, 3.8) is 0 Å². The topological polar surface area (TPSA) is 95.9 Å². The van der Waals surface area contributed by atoms with Crippen LogP contribution in [-0.4, -0.2) is 64.6 Å². The van der Waals surface area contributed by atoms with Crippen molar-refractivity contribution < 1.29 is 19.4 Å². The molecular weight excluding hydrogens is 380 g/mol. The number of carboxylic acid groups (broad SMARTS) is 1. The van der Waals surface area contributed by atoms with Gasteiger partial charge in [0.25, 0.3) is 5.91 Å². The lowest BCUT2D eigenvalue weighted by atomic mass is 10.1. The summed E-state index contributed by atoms with van der Waals surface area (Å²) in [4.78, 5) is 36.1. The van der Waals surface area contributed by atoms with Gasteiger partial charge >= 0.3 is 5.97 Å². The van der Waals surface area contributed by atoms with E-state index in [1.807, 2.05) is 11.4 Å². The molecule has 8 nitrogen and oxygen atoms in total. The molecule has 0 bridgehead atoms. The van der Waals surface area contributed by atoms with Gasteiger partial charge in [-0.1, -0.05) is 6.07 Å². The van der Waals surface area contributed by atoms with Gasteiger partial charge in [0.1, 0.15) is 17.9 Å². The number of amides is 1. The molecule has 144 valence electrons. The van der Waals surface area contributed by atoms with Crippen LogP contribution in [0.3, 0.4) is 0 Å². The van der Waals surface area contributed by atoms with Crippen LogP contribution < -0.4 is 9.64 Å². The third-order valence-corrected chi connectivity index (χ3v) is 5.43. The van der Waals surface area contributed by atoms with Crippen molar-refractivity contribution in [2.45, 2.75) is 0 Å². The average Bonchev–Trinajstić information content (AvgIpc) is 3.21. The van der Waals surface area contributed by atoms with E-state index >= 15 is 0 Å². The van der Waals surface area contributed by atoms with Crippen molar-refractivity contribution in [3.05, 3.63) is 47.6 Å². The molecule has 9 heteroatoms. The number of ether oxygens (including phenoxy) is 1. The number of rotatable bonds is 5. The van der Waals surface area contributed by atoms with E-state index in [9.17, 15) is 9.59 Å². The van der Waals surface area contributed by atoms with Crippen molar-refractivity contribution >= 4 is 39.2 Å². The third kappa shape index (κ3) is 3.74. The summed E-state index contributed by atoms with van der Waals surface area (Å²) < 4.78 is 6.22. The molecule has 0 spiro atoms.